The molecule has 1 aliphatic heterocycles. The van der Waals surface area contributed by atoms with Gasteiger partial charge in [-0.3, -0.25) is 4.79 Å². The highest BCUT2D eigenvalue weighted by Crippen LogP contribution is 2.39. The standard InChI is InChI=1S/C24H25F3N2O4/c1-14-17-5-4-6-20(32-3)22(17)33-21(14)23(30)28-15-7-8-19(18(13-15)24(25,26)27)29-11-9-16(31-2)10-12-29/h4-8,13,16H,9-12H2,1-3H3,(H,28,30). The summed E-state index contributed by atoms with van der Waals surface area (Å²) in [6.45, 7) is 2.65. The number of nitrogens with one attached hydrogen (secondary N) is 1. The SMILES string of the molecule is COc1cccc2c(C)c(C(=O)Nc3ccc(N4CCC(OC)CC4)c(C(F)(F)F)c3)oc12. The van der Waals surface area contributed by atoms with Crippen LogP contribution in [0, 0.1) is 6.92 Å². The molecule has 33 heavy (non-hydrogen) atoms. The molecule has 2 heterocycles. The van der Waals surface area contributed by atoms with Gasteiger partial charge in [-0.2, -0.15) is 13.2 Å². The highest BCUT2D eigenvalue weighted by Gasteiger charge is 2.36. The molecule has 0 saturated carbocycles. The smallest absolute Gasteiger partial charge is 0.418 e. The van der Waals surface area contributed by atoms with Gasteiger partial charge in [-0.05, 0) is 44.0 Å². The van der Waals surface area contributed by atoms with Crippen LogP contribution in [0.4, 0.5) is 24.5 Å². The molecule has 4 rings (SSSR count). The number of alkyl halides is 3. The number of carbonyl (C=O) groups is 1. The van der Waals surface area contributed by atoms with Gasteiger partial charge in [0.25, 0.3) is 5.91 Å². The quantitative estimate of drug-likeness (QED) is 0.532. The number of carbonyl (C=O) groups excluding carboxylic acids is 1. The van der Waals surface area contributed by atoms with Gasteiger partial charge in [0.2, 0.25) is 0 Å². The van der Waals surface area contributed by atoms with E-state index in [1.165, 1.54) is 19.2 Å². The van der Waals surface area contributed by atoms with Crippen molar-refractivity contribution in [2.24, 2.45) is 0 Å². The van der Waals surface area contributed by atoms with E-state index < -0.39 is 17.6 Å². The summed E-state index contributed by atoms with van der Waals surface area (Å²) in [5, 5.41) is 3.24. The third-order valence-corrected chi connectivity index (χ3v) is 6.03. The van der Waals surface area contributed by atoms with Crippen LogP contribution in [0.1, 0.15) is 34.5 Å². The largest absolute Gasteiger partial charge is 0.493 e. The molecule has 0 bridgehead atoms. The average molecular weight is 462 g/mol. The number of para-hydroxylation sites is 1. The Labute approximate surface area is 189 Å². The van der Waals surface area contributed by atoms with Gasteiger partial charge < -0.3 is 24.1 Å². The number of aryl methyl sites for hydroxylation is 1. The van der Waals surface area contributed by atoms with E-state index in [1.807, 2.05) is 0 Å². The highest BCUT2D eigenvalue weighted by atomic mass is 19.4. The van der Waals surface area contributed by atoms with E-state index in [1.54, 1.807) is 37.1 Å². The summed E-state index contributed by atoms with van der Waals surface area (Å²) >= 11 is 0. The lowest BCUT2D eigenvalue weighted by Crippen LogP contribution is -2.37. The maximum atomic E-state index is 13.9. The van der Waals surface area contributed by atoms with E-state index in [4.69, 9.17) is 13.9 Å². The van der Waals surface area contributed by atoms with Crippen LogP contribution < -0.4 is 15.0 Å². The number of methoxy groups -OCH3 is 2. The van der Waals surface area contributed by atoms with Gasteiger partial charge in [-0.15, -0.1) is 0 Å². The Balaban J connectivity index is 1.62. The summed E-state index contributed by atoms with van der Waals surface area (Å²) in [6, 6.07) is 9.11. The zero-order valence-corrected chi connectivity index (χ0v) is 18.6. The zero-order valence-electron chi connectivity index (χ0n) is 18.6. The molecule has 3 aromatic rings. The van der Waals surface area contributed by atoms with Crippen LogP contribution in [0.25, 0.3) is 11.0 Å². The van der Waals surface area contributed by atoms with E-state index in [2.05, 4.69) is 5.32 Å². The number of hydrogen-bond donors (Lipinski definition) is 1. The Kier molecular flexibility index (Phi) is 6.25. The van der Waals surface area contributed by atoms with Crippen LogP contribution in [-0.4, -0.2) is 39.3 Å². The minimum absolute atomic E-state index is 0.0220. The van der Waals surface area contributed by atoms with Crippen molar-refractivity contribution < 1.29 is 31.9 Å². The van der Waals surface area contributed by atoms with E-state index in [-0.39, 0.29) is 23.2 Å². The molecule has 176 valence electrons. The third kappa shape index (κ3) is 4.50. The van der Waals surface area contributed by atoms with E-state index in [9.17, 15) is 18.0 Å². The number of hydrogen-bond acceptors (Lipinski definition) is 5. The first-order chi connectivity index (χ1) is 15.7. The Morgan fingerprint density at radius 2 is 1.88 bits per heavy atom. The Morgan fingerprint density at radius 3 is 2.52 bits per heavy atom. The van der Waals surface area contributed by atoms with Crippen molar-refractivity contribution in [3.05, 3.63) is 53.3 Å². The molecule has 1 N–H and O–H groups in total. The van der Waals surface area contributed by atoms with Gasteiger partial charge in [0.15, 0.2) is 17.1 Å². The number of amides is 1. The first kappa shape index (κ1) is 23.0. The topological polar surface area (TPSA) is 63.9 Å². The van der Waals surface area contributed by atoms with Crippen molar-refractivity contribution >= 4 is 28.3 Å². The molecule has 0 radical (unpaired) electrons. The van der Waals surface area contributed by atoms with Crippen molar-refractivity contribution in [1.82, 2.24) is 0 Å². The van der Waals surface area contributed by atoms with Crippen molar-refractivity contribution in [3.8, 4) is 5.75 Å². The van der Waals surface area contributed by atoms with Gasteiger partial charge in [0, 0.05) is 42.5 Å². The van der Waals surface area contributed by atoms with Crippen molar-refractivity contribution in [2.45, 2.75) is 32.0 Å². The monoisotopic (exact) mass is 462 g/mol. The molecule has 0 atom stereocenters. The zero-order chi connectivity index (χ0) is 23.8. The number of benzene rings is 2. The molecule has 2 aromatic carbocycles. The van der Waals surface area contributed by atoms with Crippen molar-refractivity contribution in [2.75, 3.05) is 37.5 Å². The number of halogens is 3. The maximum Gasteiger partial charge on any atom is 0.418 e. The molecule has 6 nitrogen and oxygen atoms in total. The number of piperidine rings is 1. The molecule has 1 saturated heterocycles. The molecular weight excluding hydrogens is 437 g/mol. The van der Waals surface area contributed by atoms with E-state index >= 15 is 0 Å². The van der Waals surface area contributed by atoms with E-state index in [0.717, 1.165) is 6.07 Å². The third-order valence-electron chi connectivity index (χ3n) is 6.03. The normalized spacial score (nSPS) is 15.2. The molecule has 1 amide bonds. The molecule has 0 spiro atoms. The first-order valence-corrected chi connectivity index (χ1v) is 10.6. The second-order valence-electron chi connectivity index (χ2n) is 8.00. The number of anilines is 2. The number of furan rings is 1. The van der Waals surface area contributed by atoms with Gasteiger partial charge in [0.1, 0.15) is 0 Å². The minimum Gasteiger partial charge on any atom is -0.493 e. The van der Waals surface area contributed by atoms with Crippen LogP contribution in [0.2, 0.25) is 0 Å². The number of fused-ring (bicyclic) bond motifs is 1. The summed E-state index contributed by atoms with van der Waals surface area (Å²) < 4.78 is 57.9. The molecular formula is C24H25F3N2O4. The van der Waals surface area contributed by atoms with Crippen LogP contribution in [0.15, 0.2) is 40.8 Å². The Hall–Kier alpha value is -3.20. The Morgan fingerprint density at radius 1 is 1.15 bits per heavy atom. The molecule has 0 aliphatic carbocycles. The van der Waals surface area contributed by atoms with Gasteiger partial charge >= 0.3 is 6.18 Å². The molecule has 9 heteroatoms. The lowest BCUT2D eigenvalue weighted by atomic mass is 10.0. The van der Waals surface area contributed by atoms with Gasteiger partial charge in [-0.25, -0.2) is 0 Å². The summed E-state index contributed by atoms with van der Waals surface area (Å²) in [6.07, 6.45) is -3.21. The fourth-order valence-corrected chi connectivity index (χ4v) is 4.23. The van der Waals surface area contributed by atoms with Crippen LogP contribution in [0.3, 0.4) is 0 Å². The van der Waals surface area contributed by atoms with Crippen molar-refractivity contribution in [3.63, 3.8) is 0 Å². The number of ether oxygens (including phenoxy) is 2. The average Bonchev–Trinajstić information content (AvgIpc) is 3.15. The number of nitrogens with zero attached hydrogens (tertiary/aromatic N) is 1. The van der Waals surface area contributed by atoms with Gasteiger partial charge in [-0.1, -0.05) is 12.1 Å². The minimum atomic E-state index is -4.57. The van der Waals surface area contributed by atoms with Crippen molar-refractivity contribution in [1.29, 1.82) is 0 Å². The predicted octanol–water partition coefficient (Wildman–Crippen LogP) is 5.64. The molecule has 0 unspecified atom stereocenters. The fourth-order valence-electron chi connectivity index (χ4n) is 4.23. The second kappa shape index (κ2) is 8.97. The fraction of sp³-hybridized carbons (Fsp3) is 0.375. The van der Waals surface area contributed by atoms with Gasteiger partial charge in [0.05, 0.1) is 18.8 Å². The highest BCUT2D eigenvalue weighted by molar-refractivity contribution is 6.07. The summed E-state index contributed by atoms with van der Waals surface area (Å²) in [5.41, 5.74) is 0.331. The van der Waals surface area contributed by atoms with Crippen LogP contribution >= 0.6 is 0 Å². The van der Waals surface area contributed by atoms with Crippen LogP contribution in [0.5, 0.6) is 5.75 Å². The summed E-state index contributed by atoms with van der Waals surface area (Å²) in [5.74, 6) is -0.142. The maximum absolute atomic E-state index is 13.9. The van der Waals surface area contributed by atoms with Crippen LogP contribution in [-0.2, 0) is 10.9 Å². The molecule has 1 aliphatic rings. The second-order valence-corrected chi connectivity index (χ2v) is 8.00. The first-order valence-electron chi connectivity index (χ1n) is 10.6. The molecule has 1 fully saturated rings. The lowest BCUT2D eigenvalue weighted by molar-refractivity contribution is -0.137. The lowest BCUT2D eigenvalue weighted by Gasteiger charge is -2.34. The summed E-state index contributed by atoms with van der Waals surface area (Å²) in [7, 11) is 3.10. The summed E-state index contributed by atoms with van der Waals surface area (Å²) in [4.78, 5) is 14.6. The molecule has 1 aromatic heterocycles. The predicted molar refractivity (Wildman–Crippen MR) is 119 cm³/mol. The number of rotatable bonds is 5. The van der Waals surface area contributed by atoms with E-state index in [0.29, 0.717) is 48.2 Å². The Bertz CT molecular complexity index is 1160.